The smallest absolute Gasteiger partial charge is 0.408 e. The van der Waals surface area contributed by atoms with E-state index in [0.29, 0.717) is 35.6 Å². The van der Waals surface area contributed by atoms with Crippen molar-refractivity contribution in [3.8, 4) is 0 Å². The molecular weight excluding hydrogens is 718 g/mol. The zero-order chi connectivity index (χ0) is 36.7. The van der Waals surface area contributed by atoms with Crippen LogP contribution < -0.4 is 20.7 Å². The van der Waals surface area contributed by atoms with Gasteiger partial charge in [0.1, 0.15) is 28.1 Å². The van der Waals surface area contributed by atoms with Crippen LogP contribution in [-0.4, -0.2) is 84.1 Å². The SMILES string of the molecule is CC(C)(C)OC(=O)N[C@H]1CCCCC/C=C/[C@@H]2C[C@@]2(C(=O)NS(=O)(=O)C2CC2)NC(=O)[C@@H]2C[C@@H](NC(=O)c3sc4ccccc4c3Cl)CN2C1=O. The summed E-state index contributed by atoms with van der Waals surface area (Å²) in [4.78, 5) is 70.3. The van der Waals surface area contributed by atoms with Crippen LogP contribution in [0.1, 0.15) is 88.2 Å². The van der Waals surface area contributed by atoms with E-state index in [4.69, 9.17) is 16.3 Å². The van der Waals surface area contributed by atoms with Gasteiger partial charge in [0.15, 0.2) is 0 Å². The third-order valence-electron chi connectivity index (χ3n) is 9.65. The van der Waals surface area contributed by atoms with E-state index < -0.39 is 80.2 Å². The molecule has 1 aromatic heterocycles. The summed E-state index contributed by atoms with van der Waals surface area (Å²) in [5, 5.41) is 8.87. The maximum Gasteiger partial charge on any atom is 0.408 e. The van der Waals surface area contributed by atoms with E-state index in [0.717, 1.165) is 22.9 Å². The summed E-state index contributed by atoms with van der Waals surface area (Å²) in [5.74, 6) is -2.92. The fraction of sp³-hybridized carbons (Fsp3) is 0.571. The number of nitrogens with zero attached hydrogens (tertiary/aromatic N) is 1. The predicted molar refractivity (Wildman–Crippen MR) is 193 cm³/mol. The number of hydrogen-bond acceptors (Lipinski definition) is 9. The molecule has 1 saturated heterocycles. The summed E-state index contributed by atoms with van der Waals surface area (Å²) >= 11 is 7.82. The second-order valence-electron chi connectivity index (χ2n) is 14.9. The first-order valence-electron chi connectivity index (χ1n) is 17.4. The highest BCUT2D eigenvalue weighted by Crippen LogP contribution is 2.46. The van der Waals surface area contributed by atoms with Crippen LogP contribution in [0.5, 0.6) is 0 Å². The zero-order valence-electron chi connectivity index (χ0n) is 28.8. The summed E-state index contributed by atoms with van der Waals surface area (Å²) in [6.07, 6.45) is 7.19. The number of ether oxygens (including phenoxy) is 1. The third-order valence-corrected chi connectivity index (χ3v) is 13.1. The molecule has 0 spiro atoms. The molecule has 4 aliphatic rings. The van der Waals surface area contributed by atoms with Crippen LogP contribution in [0.3, 0.4) is 0 Å². The van der Waals surface area contributed by atoms with Crippen LogP contribution >= 0.6 is 22.9 Å². The van der Waals surface area contributed by atoms with Gasteiger partial charge in [-0.25, -0.2) is 13.2 Å². The number of hydrogen-bond donors (Lipinski definition) is 4. The van der Waals surface area contributed by atoms with Crippen molar-refractivity contribution < 1.29 is 37.1 Å². The lowest BCUT2D eigenvalue weighted by Gasteiger charge is -2.30. The fourth-order valence-electron chi connectivity index (χ4n) is 6.77. The zero-order valence-corrected chi connectivity index (χ0v) is 31.2. The average Bonchev–Trinajstić information content (AvgIpc) is 3.96. The number of sulfonamides is 1. The number of thiophene rings is 1. The number of fused-ring (bicyclic) bond motifs is 3. The van der Waals surface area contributed by atoms with Crippen molar-refractivity contribution in [1.82, 2.24) is 25.6 Å². The van der Waals surface area contributed by atoms with Gasteiger partial charge in [0.25, 0.3) is 11.8 Å². The van der Waals surface area contributed by atoms with E-state index in [9.17, 15) is 32.4 Å². The molecule has 13 nitrogen and oxygen atoms in total. The van der Waals surface area contributed by atoms with Crippen LogP contribution in [0, 0.1) is 5.92 Å². The summed E-state index contributed by atoms with van der Waals surface area (Å²) in [7, 11) is -3.90. The first-order valence-corrected chi connectivity index (χ1v) is 20.1. The Hall–Kier alpha value is -3.69. The van der Waals surface area contributed by atoms with Crippen molar-refractivity contribution in [2.45, 2.75) is 113 Å². The van der Waals surface area contributed by atoms with Crippen molar-refractivity contribution in [2.24, 2.45) is 5.92 Å². The van der Waals surface area contributed by atoms with E-state index in [2.05, 4.69) is 20.7 Å². The number of carbonyl (C=O) groups excluding carboxylic acids is 5. The van der Waals surface area contributed by atoms with Crippen molar-refractivity contribution in [2.75, 3.05) is 6.54 Å². The number of alkyl carbamates (subject to hydrolysis) is 1. The van der Waals surface area contributed by atoms with Crippen LogP contribution in [0.4, 0.5) is 4.79 Å². The Morgan fingerprint density at radius 2 is 1.80 bits per heavy atom. The molecule has 5 atom stereocenters. The lowest BCUT2D eigenvalue weighted by atomic mass is 10.0. The highest BCUT2D eigenvalue weighted by Gasteiger charge is 2.62. The number of allylic oxidation sites excluding steroid dienone is 1. The molecule has 1 aromatic carbocycles. The molecule has 51 heavy (non-hydrogen) atoms. The number of rotatable bonds is 6. The topological polar surface area (TPSA) is 180 Å². The fourth-order valence-corrected chi connectivity index (χ4v) is 9.55. The lowest BCUT2D eigenvalue weighted by Crippen LogP contribution is -2.58. The van der Waals surface area contributed by atoms with E-state index in [1.807, 2.05) is 36.4 Å². The molecular formula is C35H44ClN5O8S2. The molecule has 2 aromatic rings. The second kappa shape index (κ2) is 14.4. The molecule has 3 heterocycles. The normalized spacial score (nSPS) is 28.0. The lowest BCUT2D eigenvalue weighted by molar-refractivity contribution is -0.141. The monoisotopic (exact) mass is 761 g/mol. The number of halogens is 1. The van der Waals surface area contributed by atoms with Gasteiger partial charge in [0.2, 0.25) is 21.8 Å². The van der Waals surface area contributed by atoms with Gasteiger partial charge in [-0.1, -0.05) is 54.8 Å². The van der Waals surface area contributed by atoms with Crippen molar-refractivity contribution >= 4 is 72.8 Å². The van der Waals surface area contributed by atoms with Gasteiger partial charge in [-0.15, -0.1) is 11.3 Å². The van der Waals surface area contributed by atoms with Crippen LogP contribution in [0.15, 0.2) is 36.4 Å². The molecule has 6 rings (SSSR count). The summed E-state index contributed by atoms with van der Waals surface area (Å²) in [5.41, 5.74) is -2.34. The van der Waals surface area contributed by atoms with E-state index >= 15 is 0 Å². The number of nitrogens with one attached hydrogen (secondary N) is 4. The average molecular weight is 762 g/mol. The molecule has 2 aliphatic heterocycles. The predicted octanol–water partition coefficient (Wildman–Crippen LogP) is 4.15. The molecule has 5 amide bonds. The molecule has 2 aliphatic carbocycles. The summed E-state index contributed by atoms with van der Waals surface area (Å²) in [6.45, 7) is 5.07. The van der Waals surface area contributed by atoms with Gasteiger partial charge in [-0.3, -0.25) is 23.9 Å². The van der Waals surface area contributed by atoms with Crippen LogP contribution in [0.2, 0.25) is 5.02 Å². The van der Waals surface area contributed by atoms with Crippen molar-refractivity contribution in [3.63, 3.8) is 0 Å². The molecule has 3 fully saturated rings. The quantitative estimate of drug-likeness (QED) is 0.317. The Labute approximate surface area is 306 Å². The Morgan fingerprint density at radius 1 is 1.06 bits per heavy atom. The molecule has 276 valence electrons. The highest BCUT2D eigenvalue weighted by atomic mass is 35.5. The van der Waals surface area contributed by atoms with Crippen molar-refractivity contribution in [3.05, 3.63) is 46.3 Å². The van der Waals surface area contributed by atoms with Gasteiger partial charge in [-0.2, -0.15) is 0 Å². The van der Waals surface area contributed by atoms with Crippen LogP contribution in [0.25, 0.3) is 10.1 Å². The highest BCUT2D eigenvalue weighted by molar-refractivity contribution is 7.91. The summed E-state index contributed by atoms with van der Waals surface area (Å²) in [6, 6.07) is 4.48. The molecule has 16 heteroatoms. The van der Waals surface area contributed by atoms with E-state index in [1.54, 1.807) is 20.8 Å². The largest absolute Gasteiger partial charge is 0.444 e. The minimum Gasteiger partial charge on any atom is -0.444 e. The van der Waals surface area contributed by atoms with E-state index in [1.165, 1.54) is 16.2 Å². The minimum atomic E-state index is -3.90. The molecule has 2 saturated carbocycles. The number of benzene rings is 1. The minimum absolute atomic E-state index is 0.00353. The van der Waals surface area contributed by atoms with E-state index in [-0.39, 0.29) is 25.8 Å². The Morgan fingerprint density at radius 3 is 2.51 bits per heavy atom. The molecule has 0 unspecified atom stereocenters. The van der Waals surface area contributed by atoms with Crippen LogP contribution in [-0.2, 0) is 29.1 Å². The van der Waals surface area contributed by atoms with Gasteiger partial charge in [0.05, 0.1) is 10.3 Å². The first kappa shape index (κ1) is 37.1. The standard InChI is InChI=1S/C35H44ClN5O8S2/c1-34(2,3)49-33(46)38-24-13-8-6-4-5-7-11-20-18-35(20,32(45)40-51(47,48)22-15-16-22)39-29(42)25-17-21(19-41(25)31(24)44)37-30(43)28-27(36)23-12-9-10-14-26(23)50-28/h7,9-12,14,20-22,24-25H,4-6,8,13,15-19H2,1-3H3,(H,37,43)(H,38,46)(H,39,42)(H,40,45)/b11-7+/t20-,21-,24+,25+,35-/m1/s1. The number of amides is 5. The number of carbonyl (C=O) groups is 5. The molecule has 0 bridgehead atoms. The molecule has 4 N–H and O–H groups in total. The maximum absolute atomic E-state index is 14.3. The Bertz CT molecular complexity index is 1870. The van der Waals surface area contributed by atoms with Gasteiger partial charge >= 0.3 is 6.09 Å². The summed E-state index contributed by atoms with van der Waals surface area (Å²) < 4.78 is 34.0. The third kappa shape index (κ3) is 8.36. The van der Waals surface area contributed by atoms with Gasteiger partial charge in [-0.05, 0) is 71.8 Å². The second-order valence-corrected chi connectivity index (χ2v) is 18.3. The Balaban J connectivity index is 1.28. The van der Waals surface area contributed by atoms with Gasteiger partial charge in [0, 0.05) is 28.6 Å². The first-order chi connectivity index (χ1) is 24.1. The Kier molecular flexibility index (Phi) is 10.5. The maximum atomic E-state index is 14.3. The molecule has 0 radical (unpaired) electrons. The van der Waals surface area contributed by atoms with Gasteiger partial charge < -0.3 is 25.6 Å². The van der Waals surface area contributed by atoms with Crippen molar-refractivity contribution in [1.29, 1.82) is 0 Å².